The lowest BCUT2D eigenvalue weighted by Crippen LogP contribution is -2.30. The second kappa shape index (κ2) is 3.90. The van der Waals surface area contributed by atoms with Gasteiger partial charge in [-0.25, -0.2) is 5.01 Å². The maximum atomic E-state index is 3.76. The molecule has 0 aliphatic rings. The van der Waals surface area contributed by atoms with Crippen LogP contribution >= 0.6 is 0 Å². The summed E-state index contributed by atoms with van der Waals surface area (Å²) in [5.41, 5.74) is 0.819. The Morgan fingerprint density at radius 1 is 1.30 bits per heavy atom. The number of rotatable bonds is 4. The van der Waals surface area contributed by atoms with E-state index in [0.717, 1.165) is 5.70 Å². The third kappa shape index (κ3) is 2.07. The Labute approximate surface area is 62.7 Å². The summed E-state index contributed by atoms with van der Waals surface area (Å²) in [6.45, 7) is 11.0. The molecule has 2 nitrogen and oxygen atoms in total. The first-order valence-electron chi connectivity index (χ1n) is 3.03. The van der Waals surface area contributed by atoms with Crippen molar-refractivity contribution in [2.24, 2.45) is 0 Å². The zero-order chi connectivity index (χ0) is 8.15. The monoisotopic (exact) mass is 138 g/mol. The van der Waals surface area contributed by atoms with Crippen LogP contribution in [0.5, 0.6) is 0 Å². The standard InChI is InChI=1S/C8H14N2/c1-6-8(3)10(7-2)9(4)5/h6-7H,1-3H2,4-5H3. The molecular formula is C8H14N2. The van der Waals surface area contributed by atoms with Gasteiger partial charge in [-0.05, 0) is 6.08 Å². The Morgan fingerprint density at radius 3 is 1.90 bits per heavy atom. The van der Waals surface area contributed by atoms with Gasteiger partial charge in [-0.1, -0.05) is 19.7 Å². The predicted octanol–water partition coefficient (Wildman–Crippen LogP) is 1.61. The van der Waals surface area contributed by atoms with Crippen LogP contribution in [-0.2, 0) is 0 Å². The second-order valence-corrected chi connectivity index (χ2v) is 2.07. The van der Waals surface area contributed by atoms with E-state index in [0.29, 0.717) is 0 Å². The molecule has 0 heterocycles. The van der Waals surface area contributed by atoms with Crippen LogP contribution in [0.15, 0.2) is 37.7 Å². The lowest BCUT2D eigenvalue weighted by molar-refractivity contribution is 0.132. The van der Waals surface area contributed by atoms with Gasteiger partial charge in [0.05, 0.1) is 0 Å². The summed E-state index contributed by atoms with van der Waals surface area (Å²) in [5, 5.41) is 3.67. The van der Waals surface area contributed by atoms with Crippen LogP contribution in [0.3, 0.4) is 0 Å². The molecule has 0 aliphatic carbocycles. The van der Waals surface area contributed by atoms with Crippen molar-refractivity contribution in [1.82, 2.24) is 10.0 Å². The van der Waals surface area contributed by atoms with E-state index in [-0.39, 0.29) is 0 Å². The van der Waals surface area contributed by atoms with Gasteiger partial charge in [0.1, 0.15) is 0 Å². The molecule has 0 atom stereocenters. The van der Waals surface area contributed by atoms with Gasteiger partial charge >= 0.3 is 0 Å². The highest BCUT2D eigenvalue weighted by Crippen LogP contribution is 2.03. The molecule has 0 amide bonds. The van der Waals surface area contributed by atoms with E-state index in [1.165, 1.54) is 0 Å². The third-order valence-corrected chi connectivity index (χ3v) is 1.13. The molecule has 2 heteroatoms. The van der Waals surface area contributed by atoms with Crippen LogP contribution in [-0.4, -0.2) is 24.1 Å². The highest BCUT2D eigenvalue weighted by atomic mass is 15.6. The number of hydrazine groups is 1. The normalized spacial score (nSPS) is 9.10. The van der Waals surface area contributed by atoms with Crippen molar-refractivity contribution < 1.29 is 0 Å². The molecule has 0 unspecified atom stereocenters. The van der Waals surface area contributed by atoms with Crippen molar-refractivity contribution in [1.29, 1.82) is 0 Å². The molecule has 0 aromatic heterocycles. The zero-order valence-corrected chi connectivity index (χ0v) is 6.67. The topological polar surface area (TPSA) is 6.48 Å². The number of nitrogens with zero attached hydrogens (tertiary/aromatic N) is 2. The first kappa shape index (κ1) is 8.98. The van der Waals surface area contributed by atoms with Crippen LogP contribution in [0.25, 0.3) is 0 Å². The predicted molar refractivity (Wildman–Crippen MR) is 45.1 cm³/mol. The van der Waals surface area contributed by atoms with Crippen molar-refractivity contribution in [2.45, 2.75) is 0 Å². The maximum absolute atomic E-state index is 3.76. The Bertz CT molecular complexity index is 147. The first-order valence-corrected chi connectivity index (χ1v) is 3.03. The first-order chi connectivity index (χ1) is 4.63. The maximum Gasteiger partial charge on any atom is 0.0495 e. The van der Waals surface area contributed by atoms with E-state index in [9.17, 15) is 0 Å². The molecule has 0 fully saturated rings. The molecular weight excluding hydrogens is 124 g/mol. The smallest absolute Gasteiger partial charge is 0.0495 e. The highest BCUT2D eigenvalue weighted by Gasteiger charge is 2.00. The zero-order valence-electron chi connectivity index (χ0n) is 6.67. The number of hydrogen-bond acceptors (Lipinski definition) is 2. The van der Waals surface area contributed by atoms with E-state index in [1.54, 1.807) is 17.3 Å². The molecule has 56 valence electrons. The van der Waals surface area contributed by atoms with Crippen LogP contribution in [0, 0.1) is 0 Å². The Hall–Kier alpha value is -1.02. The van der Waals surface area contributed by atoms with E-state index in [1.807, 2.05) is 19.1 Å². The molecule has 0 rings (SSSR count). The average Bonchev–Trinajstić information content (AvgIpc) is 1.88. The van der Waals surface area contributed by atoms with Crippen LogP contribution < -0.4 is 0 Å². The fraction of sp³-hybridized carbons (Fsp3) is 0.250. The van der Waals surface area contributed by atoms with E-state index in [4.69, 9.17) is 0 Å². The average molecular weight is 138 g/mol. The van der Waals surface area contributed by atoms with Gasteiger partial charge in [-0.2, -0.15) is 0 Å². The van der Waals surface area contributed by atoms with Crippen molar-refractivity contribution >= 4 is 0 Å². The number of hydrogen-bond donors (Lipinski definition) is 0. The summed E-state index contributed by atoms with van der Waals surface area (Å²) in [4.78, 5) is 0. The lowest BCUT2D eigenvalue weighted by atomic mass is 10.5. The van der Waals surface area contributed by atoms with Crippen LogP contribution in [0.4, 0.5) is 0 Å². The Kier molecular flexibility index (Phi) is 3.51. The largest absolute Gasteiger partial charge is 0.283 e. The van der Waals surface area contributed by atoms with E-state index in [2.05, 4.69) is 19.7 Å². The van der Waals surface area contributed by atoms with E-state index >= 15 is 0 Å². The van der Waals surface area contributed by atoms with E-state index < -0.39 is 0 Å². The summed E-state index contributed by atoms with van der Waals surface area (Å²) in [6.07, 6.45) is 3.37. The summed E-state index contributed by atoms with van der Waals surface area (Å²) in [7, 11) is 3.83. The van der Waals surface area contributed by atoms with Crippen molar-refractivity contribution in [2.75, 3.05) is 14.1 Å². The molecule has 0 N–H and O–H groups in total. The summed E-state index contributed by atoms with van der Waals surface area (Å²) >= 11 is 0. The lowest BCUT2D eigenvalue weighted by Gasteiger charge is -2.26. The molecule has 0 saturated heterocycles. The van der Waals surface area contributed by atoms with Gasteiger partial charge in [-0.3, -0.25) is 5.01 Å². The van der Waals surface area contributed by atoms with Crippen molar-refractivity contribution in [3.05, 3.63) is 37.7 Å². The summed E-state index contributed by atoms with van der Waals surface area (Å²) in [5.74, 6) is 0. The minimum Gasteiger partial charge on any atom is -0.283 e. The fourth-order valence-electron chi connectivity index (χ4n) is 0.631. The van der Waals surface area contributed by atoms with Gasteiger partial charge in [0.25, 0.3) is 0 Å². The second-order valence-electron chi connectivity index (χ2n) is 2.07. The minimum atomic E-state index is 0.819. The Morgan fingerprint density at radius 2 is 1.80 bits per heavy atom. The van der Waals surface area contributed by atoms with Crippen LogP contribution in [0.1, 0.15) is 0 Å². The minimum absolute atomic E-state index is 0.819. The number of allylic oxidation sites excluding steroid dienone is 1. The van der Waals surface area contributed by atoms with Gasteiger partial charge in [0, 0.05) is 26.0 Å². The quantitative estimate of drug-likeness (QED) is 0.430. The van der Waals surface area contributed by atoms with Crippen molar-refractivity contribution in [3.8, 4) is 0 Å². The molecule has 0 aliphatic heterocycles. The summed E-state index contributed by atoms with van der Waals surface area (Å²) in [6, 6.07) is 0. The molecule has 0 spiro atoms. The van der Waals surface area contributed by atoms with Crippen molar-refractivity contribution in [3.63, 3.8) is 0 Å². The highest BCUT2D eigenvalue weighted by molar-refractivity contribution is 5.10. The molecule has 0 aromatic carbocycles. The van der Waals surface area contributed by atoms with Gasteiger partial charge < -0.3 is 0 Å². The van der Waals surface area contributed by atoms with Gasteiger partial charge in [0.15, 0.2) is 0 Å². The molecule has 0 saturated carbocycles. The SMILES string of the molecule is C=CC(=C)N(C=C)N(C)C. The van der Waals surface area contributed by atoms with Gasteiger partial charge in [0.2, 0.25) is 0 Å². The Balaban J connectivity index is 4.19. The molecule has 0 radical (unpaired) electrons. The summed E-state index contributed by atoms with van der Waals surface area (Å²) < 4.78 is 0. The molecule has 10 heavy (non-hydrogen) atoms. The molecule has 0 bridgehead atoms. The van der Waals surface area contributed by atoms with Crippen LogP contribution in [0.2, 0.25) is 0 Å². The fourth-order valence-corrected chi connectivity index (χ4v) is 0.631. The van der Waals surface area contributed by atoms with Gasteiger partial charge in [-0.15, -0.1) is 0 Å². The molecule has 0 aromatic rings. The third-order valence-electron chi connectivity index (χ3n) is 1.13.